The van der Waals surface area contributed by atoms with Gasteiger partial charge in [0, 0.05) is 22.7 Å². The van der Waals surface area contributed by atoms with E-state index in [0.29, 0.717) is 13.2 Å². The standard InChI is InChI=1S/C22H24N2O3S2/c1-14(2)21(15-4-5-18-19(10-15)27-8-3-7-26-18)24-20(25)11-17-13-29-22(23-17)16-6-9-28-12-16/h4-6,9-10,12-14,21H,3,7-8,11H2,1-2H3,(H,24,25)/t21-/m1/s1. The van der Waals surface area contributed by atoms with Crippen LogP contribution in [0, 0.1) is 5.92 Å². The van der Waals surface area contributed by atoms with Crippen LogP contribution >= 0.6 is 22.7 Å². The van der Waals surface area contributed by atoms with Crippen molar-refractivity contribution in [3.8, 4) is 22.1 Å². The molecule has 0 fully saturated rings. The Hall–Kier alpha value is -2.38. The maximum Gasteiger partial charge on any atom is 0.226 e. The van der Waals surface area contributed by atoms with Crippen LogP contribution < -0.4 is 14.8 Å². The summed E-state index contributed by atoms with van der Waals surface area (Å²) in [6.07, 6.45) is 1.14. The Morgan fingerprint density at radius 1 is 1.17 bits per heavy atom. The zero-order valence-electron chi connectivity index (χ0n) is 16.5. The van der Waals surface area contributed by atoms with Crippen LogP contribution in [0.4, 0.5) is 0 Å². The molecule has 4 rings (SSSR count). The second-order valence-corrected chi connectivity index (χ2v) is 9.02. The van der Waals surface area contributed by atoms with Crippen molar-refractivity contribution in [3.63, 3.8) is 0 Å². The minimum atomic E-state index is -0.102. The molecule has 5 nitrogen and oxygen atoms in total. The van der Waals surface area contributed by atoms with E-state index < -0.39 is 0 Å². The molecule has 1 aromatic carbocycles. The molecule has 1 aliphatic rings. The monoisotopic (exact) mass is 428 g/mol. The average Bonchev–Trinajstić information content (AvgIpc) is 3.33. The summed E-state index contributed by atoms with van der Waals surface area (Å²) in [6, 6.07) is 7.88. The predicted octanol–water partition coefficient (Wildman–Crippen LogP) is 5.09. The summed E-state index contributed by atoms with van der Waals surface area (Å²) < 4.78 is 11.5. The molecule has 0 radical (unpaired) electrons. The third kappa shape index (κ3) is 4.79. The van der Waals surface area contributed by atoms with E-state index in [-0.39, 0.29) is 24.3 Å². The van der Waals surface area contributed by atoms with Gasteiger partial charge >= 0.3 is 0 Å². The number of nitrogens with zero attached hydrogens (tertiary/aromatic N) is 1. The van der Waals surface area contributed by atoms with Crippen molar-refractivity contribution in [2.75, 3.05) is 13.2 Å². The highest BCUT2D eigenvalue weighted by molar-refractivity contribution is 7.14. The van der Waals surface area contributed by atoms with Gasteiger partial charge < -0.3 is 14.8 Å². The highest BCUT2D eigenvalue weighted by Crippen LogP contribution is 2.34. The number of rotatable bonds is 6. The first kappa shape index (κ1) is 19.9. The van der Waals surface area contributed by atoms with Crippen LogP contribution in [0.1, 0.15) is 37.6 Å². The molecule has 0 aliphatic carbocycles. The largest absolute Gasteiger partial charge is 0.490 e. The number of carbonyl (C=O) groups is 1. The van der Waals surface area contributed by atoms with Crippen molar-refractivity contribution in [3.05, 3.63) is 51.7 Å². The smallest absolute Gasteiger partial charge is 0.226 e. The molecule has 0 spiro atoms. The highest BCUT2D eigenvalue weighted by Gasteiger charge is 2.21. The number of thiophene rings is 1. The van der Waals surface area contributed by atoms with Gasteiger partial charge in [-0.3, -0.25) is 4.79 Å². The summed E-state index contributed by atoms with van der Waals surface area (Å²) in [4.78, 5) is 17.4. The quantitative estimate of drug-likeness (QED) is 0.594. The number of nitrogens with one attached hydrogen (secondary N) is 1. The summed E-state index contributed by atoms with van der Waals surface area (Å²) >= 11 is 3.22. The first-order valence-electron chi connectivity index (χ1n) is 9.76. The average molecular weight is 429 g/mol. The fourth-order valence-electron chi connectivity index (χ4n) is 3.30. The van der Waals surface area contributed by atoms with E-state index in [1.54, 1.807) is 22.7 Å². The molecule has 0 saturated carbocycles. The molecule has 3 heterocycles. The van der Waals surface area contributed by atoms with E-state index in [9.17, 15) is 4.79 Å². The Balaban J connectivity index is 1.46. The van der Waals surface area contributed by atoms with Crippen LogP contribution in [0.15, 0.2) is 40.4 Å². The SMILES string of the molecule is CC(C)[C@@H](NC(=O)Cc1csc(-c2ccsc2)n1)c1ccc2c(c1)OCCCO2. The van der Waals surface area contributed by atoms with Gasteiger partial charge in [-0.05, 0) is 35.1 Å². The van der Waals surface area contributed by atoms with Crippen molar-refractivity contribution in [1.29, 1.82) is 0 Å². The fraction of sp³-hybridized carbons (Fsp3) is 0.364. The lowest BCUT2D eigenvalue weighted by Crippen LogP contribution is -2.33. The molecule has 1 amide bonds. The first-order chi connectivity index (χ1) is 14.1. The maximum absolute atomic E-state index is 12.7. The molecule has 1 atom stereocenters. The molecular weight excluding hydrogens is 404 g/mol. The van der Waals surface area contributed by atoms with Gasteiger partial charge in [0.2, 0.25) is 5.91 Å². The number of benzene rings is 1. The van der Waals surface area contributed by atoms with Gasteiger partial charge in [0.05, 0.1) is 31.4 Å². The van der Waals surface area contributed by atoms with E-state index in [1.165, 1.54) is 0 Å². The Bertz CT molecular complexity index is 966. The number of thiazole rings is 1. The zero-order valence-corrected chi connectivity index (χ0v) is 18.1. The predicted molar refractivity (Wildman–Crippen MR) is 117 cm³/mol. The third-order valence-electron chi connectivity index (χ3n) is 4.78. The van der Waals surface area contributed by atoms with Gasteiger partial charge in [0.15, 0.2) is 11.5 Å². The molecule has 29 heavy (non-hydrogen) atoms. The highest BCUT2D eigenvalue weighted by atomic mass is 32.1. The lowest BCUT2D eigenvalue weighted by molar-refractivity contribution is -0.121. The summed E-state index contributed by atoms with van der Waals surface area (Å²) in [7, 11) is 0. The molecule has 2 aromatic heterocycles. The van der Waals surface area contributed by atoms with Gasteiger partial charge in [-0.1, -0.05) is 19.9 Å². The zero-order chi connectivity index (χ0) is 20.2. The summed E-state index contributed by atoms with van der Waals surface area (Å²) in [5, 5.41) is 10.2. The van der Waals surface area contributed by atoms with Crippen molar-refractivity contribution < 1.29 is 14.3 Å². The molecular formula is C22H24N2O3S2. The van der Waals surface area contributed by atoms with E-state index in [1.807, 2.05) is 35.0 Å². The molecule has 152 valence electrons. The lowest BCUT2D eigenvalue weighted by atomic mass is 9.95. The van der Waals surface area contributed by atoms with E-state index in [4.69, 9.17) is 9.47 Å². The number of amides is 1. The maximum atomic E-state index is 12.7. The van der Waals surface area contributed by atoms with Gasteiger partial charge in [-0.25, -0.2) is 4.98 Å². The molecule has 0 unspecified atom stereocenters. The first-order valence-corrected chi connectivity index (χ1v) is 11.6. The van der Waals surface area contributed by atoms with E-state index in [0.717, 1.165) is 39.7 Å². The molecule has 0 bridgehead atoms. The minimum Gasteiger partial charge on any atom is -0.490 e. The Kier molecular flexibility index (Phi) is 6.16. The van der Waals surface area contributed by atoms with Crippen molar-refractivity contribution >= 4 is 28.6 Å². The minimum absolute atomic E-state index is 0.0296. The van der Waals surface area contributed by atoms with Gasteiger partial charge in [0.1, 0.15) is 5.01 Å². The van der Waals surface area contributed by atoms with Crippen LogP contribution in [0.2, 0.25) is 0 Å². The van der Waals surface area contributed by atoms with Crippen molar-refractivity contribution in [1.82, 2.24) is 10.3 Å². The topological polar surface area (TPSA) is 60.5 Å². The van der Waals surface area contributed by atoms with E-state index >= 15 is 0 Å². The van der Waals surface area contributed by atoms with Gasteiger partial charge in [-0.15, -0.1) is 11.3 Å². The number of carbonyl (C=O) groups excluding carboxylic acids is 1. The molecule has 0 saturated heterocycles. The van der Waals surface area contributed by atoms with Crippen LogP contribution in [0.5, 0.6) is 11.5 Å². The number of hydrogen-bond donors (Lipinski definition) is 1. The second-order valence-electron chi connectivity index (χ2n) is 7.38. The Labute approximate surface area is 178 Å². The van der Waals surface area contributed by atoms with Crippen molar-refractivity contribution in [2.45, 2.75) is 32.7 Å². The number of aromatic nitrogens is 1. The van der Waals surface area contributed by atoms with Crippen molar-refractivity contribution in [2.24, 2.45) is 5.92 Å². The normalized spacial score (nSPS) is 14.4. The molecule has 3 aromatic rings. The van der Waals surface area contributed by atoms with Crippen LogP contribution in [0.3, 0.4) is 0 Å². The van der Waals surface area contributed by atoms with Gasteiger partial charge in [0.25, 0.3) is 0 Å². The molecule has 1 N–H and O–H groups in total. The van der Waals surface area contributed by atoms with E-state index in [2.05, 4.69) is 29.5 Å². The van der Waals surface area contributed by atoms with Crippen LogP contribution in [-0.4, -0.2) is 24.1 Å². The number of fused-ring (bicyclic) bond motifs is 1. The Morgan fingerprint density at radius 3 is 2.76 bits per heavy atom. The molecule has 1 aliphatic heterocycles. The number of ether oxygens (including phenoxy) is 2. The van der Waals surface area contributed by atoms with Crippen LogP contribution in [-0.2, 0) is 11.2 Å². The summed E-state index contributed by atoms with van der Waals surface area (Å²) in [6.45, 7) is 5.51. The lowest BCUT2D eigenvalue weighted by Gasteiger charge is -2.23. The third-order valence-corrected chi connectivity index (χ3v) is 6.40. The summed E-state index contributed by atoms with van der Waals surface area (Å²) in [5.74, 6) is 1.72. The summed E-state index contributed by atoms with van der Waals surface area (Å²) in [5.41, 5.74) is 2.93. The fourth-order valence-corrected chi connectivity index (χ4v) is 4.84. The number of hydrogen-bond acceptors (Lipinski definition) is 6. The van der Waals surface area contributed by atoms with Crippen LogP contribution in [0.25, 0.3) is 10.6 Å². The Morgan fingerprint density at radius 2 is 2.00 bits per heavy atom. The van der Waals surface area contributed by atoms with Gasteiger partial charge in [-0.2, -0.15) is 11.3 Å². The molecule has 7 heteroatoms. The second kappa shape index (κ2) is 8.97.